The van der Waals surface area contributed by atoms with Gasteiger partial charge in [-0.25, -0.2) is 9.78 Å². The molecule has 2 aromatic carbocycles. The normalized spacial score (nSPS) is 12.3. The molecule has 0 aliphatic heterocycles. The fourth-order valence-corrected chi connectivity index (χ4v) is 3.58. The predicted octanol–water partition coefficient (Wildman–Crippen LogP) is 2.24. The SMILES string of the molecule is Cn1c(=O)c2c(ncn2C[C@H](COCc2ccccc2)OCc2ccccc2)n(C)c1=O. The molecule has 0 N–H and O–H groups in total. The first-order valence-corrected chi connectivity index (χ1v) is 10.4. The summed E-state index contributed by atoms with van der Waals surface area (Å²) >= 11 is 0. The van der Waals surface area contributed by atoms with E-state index in [0.29, 0.717) is 37.5 Å². The first kappa shape index (κ1) is 21.7. The number of hydrogen-bond acceptors (Lipinski definition) is 5. The molecule has 2 heterocycles. The molecule has 166 valence electrons. The molecule has 0 saturated heterocycles. The molecule has 0 fully saturated rings. The predicted molar refractivity (Wildman–Crippen MR) is 121 cm³/mol. The van der Waals surface area contributed by atoms with Crippen molar-refractivity contribution in [3.63, 3.8) is 0 Å². The second kappa shape index (κ2) is 9.76. The number of ether oxygens (including phenoxy) is 2. The van der Waals surface area contributed by atoms with Crippen molar-refractivity contribution in [2.75, 3.05) is 6.61 Å². The molecular weight excluding hydrogens is 408 g/mol. The van der Waals surface area contributed by atoms with Crippen molar-refractivity contribution in [3.8, 4) is 0 Å². The van der Waals surface area contributed by atoms with E-state index >= 15 is 0 Å². The van der Waals surface area contributed by atoms with Crippen LogP contribution < -0.4 is 11.2 Å². The van der Waals surface area contributed by atoms with Crippen molar-refractivity contribution in [2.45, 2.75) is 25.9 Å². The maximum absolute atomic E-state index is 12.8. The molecule has 8 heteroatoms. The molecule has 0 bridgehead atoms. The third-order valence-corrected chi connectivity index (χ3v) is 5.36. The summed E-state index contributed by atoms with van der Waals surface area (Å²) in [5.41, 5.74) is 2.06. The zero-order chi connectivity index (χ0) is 22.5. The van der Waals surface area contributed by atoms with E-state index in [1.807, 2.05) is 60.7 Å². The standard InChI is InChI=1S/C24H26N4O4/c1-26-22-21(23(29)27(2)24(26)30)28(17-25-22)13-20(32-15-19-11-7-4-8-12-19)16-31-14-18-9-5-3-6-10-18/h3-12,17,20H,13-16H2,1-2H3/t20-/m1/s1. The lowest BCUT2D eigenvalue weighted by molar-refractivity contribution is -0.0368. The highest BCUT2D eigenvalue weighted by molar-refractivity contribution is 5.69. The van der Waals surface area contributed by atoms with Gasteiger partial charge in [0, 0.05) is 14.1 Å². The van der Waals surface area contributed by atoms with Crippen LogP contribution in [-0.2, 0) is 43.3 Å². The van der Waals surface area contributed by atoms with Gasteiger partial charge >= 0.3 is 5.69 Å². The first-order chi connectivity index (χ1) is 15.5. The van der Waals surface area contributed by atoms with Gasteiger partial charge in [-0.2, -0.15) is 0 Å². The molecule has 32 heavy (non-hydrogen) atoms. The Balaban J connectivity index is 1.55. The lowest BCUT2D eigenvalue weighted by atomic mass is 10.2. The highest BCUT2D eigenvalue weighted by Crippen LogP contribution is 2.11. The summed E-state index contributed by atoms with van der Waals surface area (Å²) in [4.78, 5) is 29.3. The van der Waals surface area contributed by atoms with E-state index in [9.17, 15) is 9.59 Å². The second-order valence-electron chi connectivity index (χ2n) is 7.69. The average molecular weight is 434 g/mol. The number of aryl methyl sites for hydroxylation is 1. The van der Waals surface area contributed by atoms with Crippen molar-refractivity contribution >= 4 is 11.2 Å². The van der Waals surface area contributed by atoms with Crippen LogP contribution in [0.25, 0.3) is 11.2 Å². The summed E-state index contributed by atoms with van der Waals surface area (Å²) < 4.78 is 16.3. The lowest BCUT2D eigenvalue weighted by Crippen LogP contribution is -2.38. The minimum atomic E-state index is -0.407. The van der Waals surface area contributed by atoms with Crippen LogP contribution in [0.4, 0.5) is 0 Å². The van der Waals surface area contributed by atoms with Crippen molar-refractivity contribution in [1.82, 2.24) is 18.7 Å². The number of imidazole rings is 1. The Bertz CT molecular complexity index is 1290. The largest absolute Gasteiger partial charge is 0.374 e. The van der Waals surface area contributed by atoms with E-state index in [2.05, 4.69) is 4.98 Å². The minimum Gasteiger partial charge on any atom is -0.374 e. The molecule has 0 amide bonds. The van der Waals surface area contributed by atoms with Gasteiger partial charge in [-0.3, -0.25) is 13.9 Å². The third-order valence-electron chi connectivity index (χ3n) is 5.36. The number of benzene rings is 2. The van der Waals surface area contributed by atoms with Gasteiger partial charge in [0.15, 0.2) is 11.2 Å². The zero-order valence-electron chi connectivity index (χ0n) is 18.2. The number of hydrogen-bond donors (Lipinski definition) is 0. The Morgan fingerprint density at radius 1 is 0.875 bits per heavy atom. The van der Waals surface area contributed by atoms with Gasteiger partial charge in [-0.15, -0.1) is 0 Å². The van der Waals surface area contributed by atoms with E-state index < -0.39 is 5.69 Å². The number of aromatic nitrogens is 4. The number of rotatable bonds is 9. The van der Waals surface area contributed by atoms with Crippen molar-refractivity contribution in [3.05, 3.63) is 99.0 Å². The van der Waals surface area contributed by atoms with Gasteiger partial charge in [0.1, 0.15) is 0 Å². The van der Waals surface area contributed by atoms with E-state index in [0.717, 1.165) is 15.7 Å². The molecule has 0 aliphatic rings. The van der Waals surface area contributed by atoms with Gasteiger partial charge in [0.25, 0.3) is 5.56 Å². The topological polar surface area (TPSA) is 80.3 Å². The summed E-state index contributed by atoms with van der Waals surface area (Å²) in [5, 5.41) is 0. The van der Waals surface area contributed by atoms with E-state index in [1.54, 1.807) is 17.9 Å². The highest BCUT2D eigenvalue weighted by atomic mass is 16.5. The van der Waals surface area contributed by atoms with Crippen LogP contribution in [0.5, 0.6) is 0 Å². The van der Waals surface area contributed by atoms with Crippen LogP contribution in [-0.4, -0.2) is 31.4 Å². The van der Waals surface area contributed by atoms with Crippen molar-refractivity contribution in [2.24, 2.45) is 14.1 Å². The molecule has 1 atom stereocenters. The summed E-state index contributed by atoms with van der Waals surface area (Å²) in [6, 6.07) is 19.8. The number of nitrogens with zero attached hydrogens (tertiary/aromatic N) is 4. The number of fused-ring (bicyclic) bond motifs is 1. The summed E-state index contributed by atoms with van der Waals surface area (Å²) in [6.45, 7) is 1.59. The fourth-order valence-electron chi connectivity index (χ4n) is 3.58. The Morgan fingerprint density at radius 3 is 2.16 bits per heavy atom. The highest BCUT2D eigenvalue weighted by Gasteiger charge is 2.18. The molecule has 8 nitrogen and oxygen atoms in total. The maximum Gasteiger partial charge on any atom is 0.332 e. The molecule has 0 spiro atoms. The average Bonchev–Trinajstić information content (AvgIpc) is 3.25. The molecule has 0 saturated carbocycles. The molecule has 0 radical (unpaired) electrons. The minimum absolute atomic E-state index is 0.321. The molecule has 4 rings (SSSR count). The Hall–Kier alpha value is -3.49. The fraction of sp³-hybridized carbons (Fsp3) is 0.292. The zero-order valence-corrected chi connectivity index (χ0v) is 18.2. The molecule has 0 aliphatic carbocycles. The van der Waals surface area contributed by atoms with Crippen LogP contribution in [0.1, 0.15) is 11.1 Å². The Labute approximate surface area is 185 Å². The van der Waals surface area contributed by atoms with Crippen molar-refractivity contribution in [1.29, 1.82) is 0 Å². The monoisotopic (exact) mass is 434 g/mol. The van der Waals surface area contributed by atoms with Crippen LogP contribution in [0, 0.1) is 0 Å². The van der Waals surface area contributed by atoms with Gasteiger partial charge in [-0.05, 0) is 11.1 Å². The van der Waals surface area contributed by atoms with Gasteiger partial charge in [0.05, 0.1) is 38.8 Å². The summed E-state index contributed by atoms with van der Waals surface area (Å²) in [7, 11) is 3.07. The maximum atomic E-state index is 12.8. The van der Waals surface area contributed by atoms with Crippen LogP contribution in [0.3, 0.4) is 0 Å². The molecular formula is C24H26N4O4. The Kier molecular flexibility index (Phi) is 6.63. The third kappa shape index (κ3) is 4.71. The van der Waals surface area contributed by atoms with E-state index in [4.69, 9.17) is 9.47 Å². The quantitative estimate of drug-likeness (QED) is 0.404. The smallest absolute Gasteiger partial charge is 0.332 e. The second-order valence-corrected chi connectivity index (χ2v) is 7.69. The van der Waals surface area contributed by atoms with E-state index in [1.165, 1.54) is 11.6 Å². The summed E-state index contributed by atoms with van der Waals surface area (Å²) in [6.07, 6.45) is 1.25. The van der Waals surface area contributed by atoms with E-state index in [-0.39, 0.29) is 11.7 Å². The molecule has 4 aromatic rings. The van der Waals surface area contributed by atoms with Crippen LogP contribution in [0.15, 0.2) is 76.6 Å². The summed E-state index contributed by atoms with van der Waals surface area (Å²) in [5.74, 6) is 0. The van der Waals surface area contributed by atoms with Gasteiger partial charge in [-0.1, -0.05) is 60.7 Å². The van der Waals surface area contributed by atoms with Crippen LogP contribution >= 0.6 is 0 Å². The van der Waals surface area contributed by atoms with Crippen molar-refractivity contribution < 1.29 is 9.47 Å². The van der Waals surface area contributed by atoms with Gasteiger partial charge < -0.3 is 14.0 Å². The molecule has 0 unspecified atom stereocenters. The van der Waals surface area contributed by atoms with Crippen LogP contribution in [0.2, 0.25) is 0 Å². The van der Waals surface area contributed by atoms with Gasteiger partial charge in [0.2, 0.25) is 0 Å². The Morgan fingerprint density at radius 2 is 1.50 bits per heavy atom. The molecule has 2 aromatic heterocycles. The first-order valence-electron chi connectivity index (χ1n) is 10.4. The lowest BCUT2D eigenvalue weighted by Gasteiger charge is -2.19.